The van der Waals surface area contributed by atoms with Crippen LogP contribution < -0.4 is 15.4 Å². The number of amides is 1. The summed E-state index contributed by atoms with van der Waals surface area (Å²) in [4.78, 5) is 16.0. The average molecular weight is 363 g/mol. The van der Waals surface area contributed by atoms with Crippen LogP contribution in [-0.2, 0) is 6.61 Å². The van der Waals surface area contributed by atoms with Crippen LogP contribution in [0.4, 0.5) is 5.69 Å². The number of hydrogen-bond acceptors (Lipinski definition) is 4. The van der Waals surface area contributed by atoms with Crippen molar-refractivity contribution in [2.24, 2.45) is 0 Å². The van der Waals surface area contributed by atoms with Crippen molar-refractivity contribution in [2.75, 3.05) is 5.32 Å². The molecule has 3 rings (SSSR count). The molecule has 1 heterocycles. The van der Waals surface area contributed by atoms with E-state index in [1.165, 1.54) is 0 Å². The van der Waals surface area contributed by atoms with Gasteiger partial charge in [-0.25, -0.2) is 0 Å². The van der Waals surface area contributed by atoms with Crippen molar-refractivity contribution in [2.45, 2.75) is 6.61 Å². The van der Waals surface area contributed by atoms with Gasteiger partial charge in [-0.15, -0.1) is 0 Å². The Morgan fingerprint density at radius 3 is 2.54 bits per heavy atom. The number of carbonyl (C=O) groups excluding carboxylic acids is 1. The minimum absolute atomic E-state index is 0.215. The molecule has 0 radical (unpaired) electrons. The van der Waals surface area contributed by atoms with E-state index in [1.807, 2.05) is 54.6 Å². The molecule has 130 valence electrons. The molecule has 0 aliphatic rings. The maximum atomic E-state index is 12.1. The Morgan fingerprint density at radius 2 is 1.77 bits per heavy atom. The lowest BCUT2D eigenvalue weighted by molar-refractivity contribution is 0.0977. The van der Waals surface area contributed by atoms with Crippen molar-refractivity contribution in [3.05, 3.63) is 90.3 Å². The van der Waals surface area contributed by atoms with Gasteiger partial charge in [-0.3, -0.25) is 15.1 Å². The van der Waals surface area contributed by atoms with Gasteiger partial charge in [0.2, 0.25) is 0 Å². The average Bonchev–Trinajstić information content (AvgIpc) is 2.68. The third-order valence-electron chi connectivity index (χ3n) is 3.51. The second kappa shape index (κ2) is 8.73. The van der Waals surface area contributed by atoms with Crippen molar-refractivity contribution < 1.29 is 9.53 Å². The second-order valence-electron chi connectivity index (χ2n) is 5.45. The minimum atomic E-state index is -0.290. The normalized spacial score (nSPS) is 10.0. The first-order valence-electron chi connectivity index (χ1n) is 8.00. The highest BCUT2D eigenvalue weighted by Gasteiger charge is 2.07. The molecule has 3 aromatic rings. The molecule has 2 N–H and O–H groups in total. The van der Waals surface area contributed by atoms with Crippen LogP contribution in [0.2, 0.25) is 0 Å². The van der Waals surface area contributed by atoms with E-state index in [9.17, 15) is 4.79 Å². The van der Waals surface area contributed by atoms with Gasteiger partial charge in [0.15, 0.2) is 5.11 Å². The number of pyridine rings is 1. The molecule has 0 aliphatic carbocycles. The summed E-state index contributed by atoms with van der Waals surface area (Å²) in [6, 6.07) is 20.6. The fourth-order valence-corrected chi connectivity index (χ4v) is 2.46. The van der Waals surface area contributed by atoms with Gasteiger partial charge in [-0.05, 0) is 42.0 Å². The van der Waals surface area contributed by atoms with Crippen LogP contribution in [0.25, 0.3) is 0 Å². The molecule has 0 unspecified atom stereocenters. The van der Waals surface area contributed by atoms with Crippen LogP contribution in [0, 0.1) is 0 Å². The quantitative estimate of drug-likeness (QED) is 0.676. The zero-order valence-corrected chi connectivity index (χ0v) is 14.7. The number of benzene rings is 2. The summed E-state index contributed by atoms with van der Waals surface area (Å²) >= 11 is 5.20. The van der Waals surface area contributed by atoms with Crippen molar-refractivity contribution in [1.82, 2.24) is 10.3 Å². The molecule has 6 heteroatoms. The number of aromatic nitrogens is 1. The van der Waals surface area contributed by atoms with Gasteiger partial charge in [0.05, 0.1) is 0 Å². The molecule has 0 aliphatic heterocycles. The lowest BCUT2D eigenvalue weighted by Crippen LogP contribution is -2.34. The van der Waals surface area contributed by atoms with Gasteiger partial charge in [0.25, 0.3) is 5.91 Å². The Kier molecular flexibility index (Phi) is 5.90. The fraction of sp³-hybridized carbons (Fsp3) is 0.0500. The number of nitrogens with zero attached hydrogens (tertiary/aromatic N) is 1. The van der Waals surface area contributed by atoms with Crippen LogP contribution in [0.15, 0.2) is 79.1 Å². The molecule has 2 aromatic carbocycles. The van der Waals surface area contributed by atoms with Crippen molar-refractivity contribution in [1.29, 1.82) is 0 Å². The summed E-state index contributed by atoms with van der Waals surface area (Å²) in [5.74, 6) is 0.420. The summed E-state index contributed by atoms with van der Waals surface area (Å²) in [6.07, 6.45) is 3.11. The Balaban J connectivity index is 1.56. The molecule has 0 saturated heterocycles. The molecule has 1 amide bonds. The largest absolute Gasteiger partial charge is 0.489 e. The van der Waals surface area contributed by atoms with Gasteiger partial charge in [-0.1, -0.05) is 36.4 Å². The number of hydrogen-bond donors (Lipinski definition) is 2. The third-order valence-corrected chi connectivity index (χ3v) is 3.71. The molecule has 0 atom stereocenters. The van der Waals surface area contributed by atoms with Crippen LogP contribution in [-0.4, -0.2) is 16.0 Å². The van der Waals surface area contributed by atoms with E-state index in [4.69, 9.17) is 17.0 Å². The molecular formula is C20H17N3O2S. The molecule has 0 saturated carbocycles. The number of thiocarbonyl (C=S) groups is 1. The Morgan fingerprint density at radius 1 is 1.00 bits per heavy atom. The van der Waals surface area contributed by atoms with E-state index in [0.717, 1.165) is 11.3 Å². The second-order valence-corrected chi connectivity index (χ2v) is 5.85. The molecular weight excluding hydrogens is 346 g/mol. The van der Waals surface area contributed by atoms with Gasteiger partial charge in [0, 0.05) is 29.7 Å². The standard InChI is InChI=1S/C20H17N3O2S/c24-19(16-9-11-21-12-10-16)23-20(26)22-17-7-4-8-18(13-17)25-14-15-5-2-1-3-6-15/h1-13H,14H2,(H2,22,23,24,26). The SMILES string of the molecule is O=C(NC(=S)Nc1cccc(OCc2ccccc2)c1)c1ccncc1. The number of rotatable bonds is 5. The Bertz CT molecular complexity index is 886. The van der Waals surface area contributed by atoms with Crippen LogP contribution in [0.5, 0.6) is 5.75 Å². The van der Waals surface area contributed by atoms with Crippen molar-refractivity contribution in [3.63, 3.8) is 0 Å². The smallest absolute Gasteiger partial charge is 0.257 e. The van der Waals surface area contributed by atoms with E-state index in [1.54, 1.807) is 24.5 Å². The highest BCUT2D eigenvalue weighted by Crippen LogP contribution is 2.18. The third kappa shape index (κ3) is 5.12. The van der Waals surface area contributed by atoms with Gasteiger partial charge >= 0.3 is 0 Å². The monoisotopic (exact) mass is 363 g/mol. The molecule has 0 spiro atoms. The van der Waals surface area contributed by atoms with Crippen molar-refractivity contribution >= 4 is 28.9 Å². The highest BCUT2D eigenvalue weighted by atomic mass is 32.1. The molecule has 1 aromatic heterocycles. The Labute approximate surface area is 157 Å². The summed E-state index contributed by atoms with van der Waals surface area (Å²) in [5.41, 5.74) is 2.31. The Hall–Kier alpha value is -3.25. The topological polar surface area (TPSA) is 63.2 Å². The van der Waals surface area contributed by atoms with Crippen LogP contribution >= 0.6 is 12.2 Å². The number of nitrogens with one attached hydrogen (secondary N) is 2. The molecule has 5 nitrogen and oxygen atoms in total. The number of carbonyl (C=O) groups is 1. The van der Waals surface area contributed by atoms with Crippen molar-refractivity contribution in [3.8, 4) is 5.75 Å². The lowest BCUT2D eigenvalue weighted by Gasteiger charge is -2.11. The van der Waals surface area contributed by atoms with Gasteiger partial charge in [0.1, 0.15) is 12.4 Å². The number of ether oxygens (including phenoxy) is 1. The van der Waals surface area contributed by atoms with Crippen LogP contribution in [0.1, 0.15) is 15.9 Å². The fourth-order valence-electron chi connectivity index (χ4n) is 2.25. The zero-order chi connectivity index (χ0) is 18.2. The first-order chi connectivity index (χ1) is 12.7. The van der Waals surface area contributed by atoms with E-state index in [0.29, 0.717) is 17.9 Å². The maximum absolute atomic E-state index is 12.1. The van der Waals surface area contributed by atoms with E-state index < -0.39 is 0 Å². The van der Waals surface area contributed by atoms with Gasteiger partial charge < -0.3 is 10.1 Å². The lowest BCUT2D eigenvalue weighted by atomic mass is 10.2. The van der Waals surface area contributed by atoms with E-state index in [-0.39, 0.29) is 11.0 Å². The summed E-state index contributed by atoms with van der Waals surface area (Å²) in [7, 11) is 0. The first-order valence-corrected chi connectivity index (χ1v) is 8.41. The summed E-state index contributed by atoms with van der Waals surface area (Å²) < 4.78 is 5.79. The minimum Gasteiger partial charge on any atom is -0.489 e. The van der Waals surface area contributed by atoms with Crippen LogP contribution in [0.3, 0.4) is 0 Å². The summed E-state index contributed by atoms with van der Waals surface area (Å²) in [6.45, 7) is 0.480. The molecule has 26 heavy (non-hydrogen) atoms. The predicted molar refractivity (Wildman–Crippen MR) is 105 cm³/mol. The first kappa shape index (κ1) is 17.6. The number of anilines is 1. The maximum Gasteiger partial charge on any atom is 0.257 e. The highest BCUT2D eigenvalue weighted by molar-refractivity contribution is 7.80. The van der Waals surface area contributed by atoms with E-state index in [2.05, 4.69) is 15.6 Å². The van der Waals surface area contributed by atoms with Gasteiger partial charge in [-0.2, -0.15) is 0 Å². The van der Waals surface area contributed by atoms with E-state index >= 15 is 0 Å². The zero-order valence-electron chi connectivity index (χ0n) is 13.9. The molecule has 0 bridgehead atoms. The summed E-state index contributed by atoms with van der Waals surface area (Å²) in [5, 5.41) is 5.83. The molecule has 0 fully saturated rings. The predicted octanol–water partition coefficient (Wildman–Crippen LogP) is 3.79.